The van der Waals surface area contributed by atoms with E-state index in [9.17, 15) is 0 Å². The van der Waals surface area contributed by atoms with Crippen LogP contribution in [0.15, 0.2) is 279 Å². The summed E-state index contributed by atoms with van der Waals surface area (Å²) in [6, 6.07) is 105. The molecule has 0 bridgehead atoms. The Balaban J connectivity index is 0.751. The number of hydrogen-bond donors (Lipinski definition) is 0. The van der Waals surface area contributed by atoms with E-state index >= 15 is 0 Å². The molecule has 14 aromatic rings. The van der Waals surface area contributed by atoms with Crippen LogP contribution < -0.4 is 0 Å². The van der Waals surface area contributed by atoms with Gasteiger partial charge in [-0.3, -0.25) is 0 Å². The Morgan fingerprint density at radius 2 is 0.378 bits per heavy atom. The maximum Gasteiger partial charge on any atom is 0.0159 e. The number of fused-ring (bicyclic) bond motifs is 10. The number of hydrogen-bond acceptors (Lipinski definition) is 0. The molecule has 0 fully saturated rings. The van der Waals surface area contributed by atoms with Crippen molar-refractivity contribution < 1.29 is 0 Å². The molecule has 0 nitrogen and oxygen atoms in total. The average molecular weight is 1040 g/mol. The smallest absolute Gasteiger partial charge is 0.0159 e. The minimum atomic E-state index is -0.221. The molecule has 82 heavy (non-hydrogen) atoms. The van der Waals surface area contributed by atoms with Gasteiger partial charge >= 0.3 is 0 Å². The summed E-state index contributed by atoms with van der Waals surface area (Å²) in [5.41, 5.74) is 27.9. The standard InChI is InChI=1S/C82H58/c1-81(2)73-47-55(37-41-61(73)63-43-39-59(49-75(63)81)79-69-33-15-11-29-65(69)77(66-30-12-16-34-70(66)79)57-27-19-25-53(45-57)51-21-7-5-8-22-51)56-38-42-62-64-44-40-60(50-76(64)82(3,4)74(62)48-56)80-71-35-17-13-31-67(71)78(68-32-14-18-36-72(68)80)58-28-20-26-54(46-58)52-23-9-6-10-24-52/h5-50H,1-4H3. The maximum absolute atomic E-state index is 2.51. The fourth-order valence-corrected chi connectivity index (χ4v) is 14.6. The molecule has 0 spiro atoms. The van der Waals surface area contributed by atoms with Gasteiger partial charge in [0.25, 0.3) is 0 Å². The molecule has 0 radical (unpaired) electrons. The van der Waals surface area contributed by atoms with Crippen LogP contribution in [0.1, 0.15) is 49.9 Å². The van der Waals surface area contributed by atoms with Gasteiger partial charge in [-0.1, -0.05) is 270 Å². The van der Waals surface area contributed by atoms with Gasteiger partial charge in [-0.25, -0.2) is 0 Å². The highest BCUT2D eigenvalue weighted by molar-refractivity contribution is 6.23. The molecular formula is C82H58. The molecule has 0 saturated carbocycles. The molecular weight excluding hydrogens is 985 g/mol. The molecule has 386 valence electrons. The van der Waals surface area contributed by atoms with Gasteiger partial charge in [0.15, 0.2) is 0 Å². The van der Waals surface area contributed by atoms with Crippen molar-refractivity contribution in [3.63, 3.8) is 0 Å². The van der Waals surface area contributed by atoms with Crippen molar-refractivity contribution in [2.75, 3.05) is 0 Å². The first-order chi connectivity index (χ1) is 40.2. The molecule has 0 aromatic heterocycles. The zero-order valence-electron chi connectivity index (χ0n) is 46.6. The van der Waals surface area contributed by atoms with Crippen molar-refractivity contribution >= 4 is 43.1 Å². The number of rotatable bonds is 7. The fourth-order valence-electron chi connectivity index (χ4n) is 14.6. The highest BCUT2D eigenvalue weighted by atomic mass is 14.4. The molecule has 14 aromatic carbocycles. The van der Waals surface area contributed by atoms with Crippen LogP contribution in [0.25, 0.3) is 143 Å². The lowest BCUT2D eigenvalue weighted by molar-refractivity contribution is 0.660. The van der Waals surface area contributed by atoms with Crippen LogP contribution in [0.4, 0.5) is 0 Å². The normalized spacial score (nSPS) is 13.6. The van der Waals surface area contributed by atoms with Crippen LogP contribution in [0.3, 0.4) is 0 Å². The molecule has 0 amide bonds. The van der Waals surface area contributed by atoms with E-state index in [4.69, 9.17) is 0 Å². The molecule has 0 atom stereocenters. The largest absolute Gasteiger partial charge is 0.0622 e. The molecule has 2 aliphatic rings. The quantitative estimate of drug-likeness (QED) is 0.140. The first-order valence-corrected chi connectivity index (χ1v) is 29.0. The SMILES string of the molecule is CC1(C)c2cc(-c3ccc4c(c3)C(C)(C)c3cc(-c5c6ccccc6c(-c6cccc(-c7ccccc7)c6)c6ccccc56)ccc3-4)ccc2-c2ccc(-c3c4ccccc4c(-c4cccc(-c5ccccc5)c4)c4ccccc34)cc21. The second-order valence-corrected chi connectivity index (χ2v) is 23.9. The molecule has 0 heteroatoms. The van der Waals surface area contributed by atoms with Gasteiger partial charge in [0.05, 0.1) is 0 Å². The third kappa shape index (κ3) is 7.31. The Morgan fingerprint density at radius 1 is 0.171 bits per heavy atom. The van der Waals surface area contributed by atoms with Crippen LogP contribution in [0, 0.1) is 0 Å². The number of benzene rings is 14. The Labute approximate surface area is 480 Å². The monoisotopic (exact) mass is 1040 g/mol. The summed E-state index contributed by atoms with van der Waals surface area (Å²) in [4.78, 5) is 0. The third-order valence-electron chi connectivity index (χ3n) is 18.6. The molecule has 0 N–H and O–H groups in total. The second-order valence-electron chi connectivity index (χ2n) is 23.9. The van der Waals surface area contributed by atoms with Gasteiger partial charge in [-0.15, -0.1) is 0 Å². The zero-order valence-corrected chi connectivity index (χ0v) is 46.6. The Bertz CT molecular complexity index is 4520. The van der Waals surface area contributed by atoms with E-state index in [2.05, 4.69) is 307 Å². The Kier molecular flexibility index (Phi) is 10.7. The summed E-state index contributed by atoms with van der Waals surface area (Å²) >= 11 is 0. The fraction of sp³-hybridized carbons (Fsp3) is 0.0732. The molecule has 0 saturated heterocycles. The van der Waals surface area contributed by atoms with Crippen molar-refractivity contribution in [1.82, 2.24) is 0 Å². The van der Waals surface area contributed by atoms with E-state index in [0.717, 1.165) is 0 Å². The molecule has 2 aliphatic carbocycles. The minimum absolute atomic E-state index is 0.221. The lowest BCUT2D eigenvalue weighted by Crippen LogP contribution is -2.15. The summed E-state index contributed by atoms with van der Waals surface area (Å²) in [7, 11) is 0. The van der Waals surface area contributed by atoms with Crippen LogP contribution in [-0.4, -0.2) is 0 Å². The summed E-state index contributed by atoms with van der Waals surface area (Å²) < 4.78 is 0. The minimum Gasteiger partial charge on any atom is -0.0622 e. The summed E-state index contributed by atoms with van der Waals surface area (Å²) in [6.07, 6.45) is 0. The van der Waals surface area contributed by atoms with Crippen molar-refractivity contribution in [3.05, 3.63) is 301 Å². The van der Waals surface area contributed by atoms with Gasteiger partial charge in [0.2, 0.25) is 0 Å². The first-order valence-electron chi connectivity index (χ1n) is 29.0. The zero-order chi connectivity index (χ0) is 54.8. The van der Waals surface area contributed by atoms with Crippen LogP contribution >= 0.6 is 0 Å². The Morgan fingerprint density at radius 3 is 0.671 bits per heavy atom. The van der Waals surface area contributed by atoms with E-state index < -0.39 is 0 Å². The molecule has 0 unspecified atom stereocenters. The van der Waals surface area contributed by atoms with Crippen molar-refractivity contribution in [2.45, 2.75) is 38.5 Å². The summed E-state index contributed by atoms with van der Waals surface area (Å²) in [5, 5.41) is 10.2. The highest BCUT2D eigenvalue weighted by Crippen LogP contribution is 2.55. The van der Waals surface area contributed by atoms with Crippen LogP contribution in [0.2, 0.25) is 0 Å². The van der Waals surface area contributed by atoms with Crippen molar-refractivity contribution in [3.8, 4) is 100 Å². The molecule has 0 heterocycles. The van der Waals surface area contributed by atoms with E-state index in [0.29, 0.717) is 0 Å². The topological polar surface area (TPSA) is 0 Å². The predicted octanol–water partition coefficient (Wildman–Crippen LogP) is 22.6. The molecule has 16 rings (SSSR count). The van der Waals surface area contributed by atoms with Gasteiger partial charge in [0, 0.05) is 10.8 Å². The van der Waals surface area contributed by atoms with Crippen molar-refractivity contribution in [2.24, 2.45) is 0 Å². The van der Waals surface area contributed by atoms with Crippen LogP contribution in [0.5, 0.6) is 0 Å². The molecule has 0 aliphatic heterocycles. The highest BCUT2D eigenvalue weighted by Gasteiger charge is 2.38. The maximum atomic E-state index is 2.51. The van der Waals surface area contributed by atoms with Gasteiger partial charge < -0.3 is 0 Å². The van der Waals surface area contributed by atoms with E-state index in [1.807, 2.05) is 0 Å². The predicted molar refractivity (Wildman–Crippen MR) is 350 cm³/mol. The van der Waals surface area contributed by atoms with E-state index in [-0.39, 0.29) is 10.8 Å². The lowest BCUT2D eigenvalue weighted by atomic mass is 9.79. The summed E-state index contributed by atoms with van der Waals surface area (Å²) in [6.45, 7) is 9.70. The van der Waals surface area contributed by atoms with Crippen LogP contribution in [-0.2, 0) is 10.8 Å². The second kappa shape index (κ2) is 18.3. The van der Waals surface area contributed by atoms with Gasteiger partial charge in [0.1, 0.15) is 0 Å². The van der Waals surface area contributed by atoms with Gasteiger partial charge in [-0.2, -0.15) is 0 Å². The average Bonchev–Trinajstić information content (AvgIpc) is 3.71. The lowest BCUT2D eigenvalue weighted by Gasteiger charge is -2.24. The van der Waals surface area contributed by atoms with E-state index in [1.54, 1.807) is 0 Å². The van der Waals surface area contributed by atoms with Crippen molar-refractivity contribution in [1.29, 1.82) is 0 Å². The first kappa shape index (κ1) is 48.1. The van der Waals surface area contributed by atoms with Gasteiger partial charge in [-0.05, 0) is 202 Å². The third-order valence-corrected chi connectivity index (χ3v) is 18.6. The summed E-state index contributed by atoms with van der Waals surface area (Å²) in [5.74, 6) is 0. The van der Waals surface area contributed by atoms with E-state index in [1.165, 1.54) is 165 Å². The Hall–Kier alpha value is -9.88.